The van der Waals surface area contributed by atoms with E-state index >= 15 is 0 Å². The van der Waals surface area contributed by atoms with Crippen LogP contribution in [-0.2, 0) is 0 Å². The first-order valence-electron chi connectivity index (χ1n) is 5.84. The van der Waals surface area contributed by atoms with Crippen molar-refractivity contribution in [3.8, 4) is 0 Å². The van der Waals surface area contributed by atoms with Crippen LogP contribution < -0.4 is 0 Å². The molecule has 0 saturated carbocycles. The van der Waals surface area contributed by atoms with E-state index in [9.17, 15) is 0 Å². The summed E-state index contributed by atoms with van der Waals surface area (Å²) in [5, 5.41) is 0. The van der Waals surface area contributed by atoms with Gasteiger partial charge in [0.25, 0.3) is 0 Å². The molecule has 0 N–H and O–H groups in total. The molecule has 0 atom stereocenters. The maximum Gasteiger partial charge on any atom is 0.127 e. The maximum absolute atomic E-state index is 4.00. The van der Waals surface area contributed by atoms with E-state index in [0.29, 0.717) is 0 Å². The molecule has 0 aromatic carbocycles. The Balaban J connectivity index is 0. The predicted octanol–water partition coefficient (Wildman–Crippen LogP) is 3.86. The second kappa shape index (κ2) is 12.9. The summed E-state index contributed by atoms with van der Waals surface area (Å²) in [6.07, 6.45) is 7.11. The smallest absolute Gasteiger partial charge is 0.127 e. The van der Waals surface area contributed by atoms with E-state index in [1.165, 1.54) is 0 Å². The van der Waals surface area contributed by atoms with Gasteiger partial charge in [-0.25, -0.2) is 4.99 Å². The molecule has 0 aliphatic rings. The van der Waals surface area contributed by atoms with Gasteiger partial charge in [0.15, 0.2) is 0 Å². The molecule has 0 unspecified atom stereocenters. The lowest BCUT2D eigenvalue weighted by molar-refractivity contribution is 0.360. The third kappa shape index (κ3) is 7.98. The molecule has 0 amide bonds. The molecule has 2 heteroatoms. The maximum atomic E-state index is 4.00. The Kier molecular flexibility index (Phi) is 14.1. The summed E-state index contributed by atoms with van der Waals surface area (Å²) in [4.78, 5) is 6.22. The second-order valence-corrected chi connectivity index (χ2v) is 2.79. The lowest BCUT2D eigenvalue weighted by Gasteiger charge is -2.21. The van der Waals surface area contributed by atoms with E-state index < -0.39 is 0 Å². The Labute approximate surface area is 95.4 Å². The molecule has 0 fully saturated rings. The minimum Gasteiger partial charge on any atom is -0.357 e. The highest BCUT2D eigenvalue weighted by Crippen LogP contribution is 2.05. The molecular weight excluding hydrogens is 184 g/mol. The van der Waals surface area contributed by atoms with E-state index in [1.54, 1.807) is 0 Å². The average molecular weight is 210 g/mol. The quantitative estimate of drug-likeness (QED) is 0.480. The molecule has 0 heterocycles. The van der Waals surface area contributed by atoms with E-state index in [2.05, 4.69) is 30.5 Å². The van der Waals surface area contributed by atoms with Gasteiger partial charge in [-0.15, -0.1) is 0 Å². The molecular formula is C13H26N2. The van der Waals surface area contributed by atoms with Crippen LogP contribution in [0.2, 0.25) is 0 Å². The van der Waals surface area contributed by atoms with Gasteiger partial charge in [-0.2, -0.15) is 0 Å². The summed E-state index contributed by atoms with van der Waals surface area (Å²) in [6, 6.07) is 0. The Morgan fingerprint density at radius 1 is 1.33 bits per heavy atom. The van der Waals surface area contributed by atoms with Crippen LogP contribution in [0.4, 0.5) is 0 Å². The Bertz CT molecular complexity index is 193. The number of aliphatic imine (C=N–C) groups is 1. The number of allylic oxidation sites excluding steroid dienone is 3. The molecule has 0 aromatic heterocycles. The minimum atomic E-state index is 0.961. The molecule has 0 aromatic rings. The lowest BCUT2D eigenvalue weighted by atomic mass is 10.4. The number of hydrogen-bond donors (Lipinski definition) is 0. The summed E-state index contributed by atoms with van der Waals surface area (Å²) >= 11 is 0. The SMILES string of the molecule is C=N/C(=C\C=C/C)N(CC)CCC.CC. The van der Waals surface area contributed by atoms with Crippen molar-refractivity contribution in [2.45, 2.75) is 41.0 Å². The van der Waals surface area contributed by atoms with Gasteiger partial charge in [0, 0.05) is 13.1 Å². The van der Waals surface area contributed by atoms with Gasteiger partial charge >= 0.3 is 0 Å². The highest BCUT2D eigenvalue weighted by Gasteiger charge is 2.01. The zero-order chi connectivity index (χ0) is 12.1. The summed E-state index contributed by atoms with van der Waals surface area (Å²) in [5.74, 6) is 0.961. The van der Waals surface area contributed by atoms with Crippen molar-refractivity contribution in [3.63, 3.8) is 0 Å². The molecule has 15 heavy (non-hydrogen) atoms. The van der Waals surface area contributed by atoms with E-state index in [-0.39, 0.29) is 0 Å². The Hall–Kier alpha value is -1.05. The first-order chi connectivity index (χ1) is 7.29. The van der Waals surface area contributed by atoms with Crippen molar-refractivity contribution in [1.82, 2.24) is 4.90 Å². The first kappa shape index (κ1) is 16.4. The van der Waals surface area contributed by atoms with Crippen LogP contribution in [0, 0.1) is 0 Å². The standard InChI is InChI=1S/C11H20N2.C2H6/c1-5-8-9-11(12-4)13(7-3)10-6-2;1-2/h5,8-9H,4,6-7,10H2,1-3H3;1-2H3/b8-5-,11-9+;. The van der Waals surface area contributed by atoms with Gasteiger partial charge in [-0.3, -0.25) is 0 Å². The highest BCUT2D eigenvalue weighted by molar-refractivity contribution is 5.29. The van der Waals surface area contributed by atoms with Gasteiger partial charge < -0.3 is 4.90 Å². The predicted molar refractivity (Wildman–Crippen MR) is 71.3 cm³/mol. The molecule has 0 spiro atoms. The van der Waals surface area contributed by atoms with E-state index in [0.717, 1.165) is 25.3 Å². The largest absolute Gasteiger partial charge is 0.357 e. The van der Waals surface area contributed by atoms with Crippen LogP contribution >= 0.6 is 0 Å². The number of hydrogen-bond acceptors (Lipinski definition) is 2. The van der Waals surface area contributed by atoms with Crippen molar-refractivity contribution < 1.29 is 0 Å². The van der Waals surface area contributed by atoms with Gasteiger partial charge in [0.1, 0.15) is 5.82 Å². The van der Waals surface area contributed by atoms with E-state index in [4.69, 9.17) is 0 Å². The highest BCUT2D eigenvalue weighted by atomic mass is 15.2. The molecule has 2 nitrogen and oxygen atoms in total. The van der Waals surface area contributed by atoms with Crippen molar-refractivity contribution in [3.05, 3.63) is 24.0 Å². The van der Waals surface area contributed by atoms with Gasteiger partial charge in [0.2, 0.25) is 0 Å². The molecule has 0 saturated heterocycles. The third-order valence-electron chi connectivity index (χ3n) is 1.80. The normalized spacial score (nSPS) is 10.9. The lowest BCUT2D eigenvalue weighted by Crippen LogP contribution is -2.22. The summed E-state index contributed by atoms with van der Waals surface area (Å²) < 4.78 is 0. The Morgan fingerprint density at radius 3 is 2.27 bits per heavy atom. The summed E-state index contributed by atoms with van der Waals surface area (Å²) in [7, 11) is 0. The Morgan fingerprint density at radius 2 is 1.93 bits per heavy atom. The first-order valence-corrected chi connectivity index (χ1v) is 5.84. The molecule has 0 bridgehead atoms. The van der Waals surface area contributed by atoms with Crippen molar-refractivity contribution in [1.29, 1.82) is 0 Å². The van der Waals surface area contributed by atoms with E-state index in [1.807, 2.05) is 39.0 Å². The molecule has 0 aliphatic carbocycles. The number of nitrogens with zero attached hydrogens (tertiary/aromatic N) is 2. The molecule has 88 valence electrons. The fourth-order valence-electron chi connectivity index (χ4n) is 1.14. The van der Waals surface area contributed by atoms with Crippen molar-refractivity contribution in [2.24, 2.45) is 4.99 Å². The summed E-state index contributed by atoms with van der Waals surface area (Å²) in [5.41, 5.74) is 0. The summed E-state index contributed by atoms with van der Waals surface area (Å²) in [6.45, 7) is 15.9. The van der Waals surface area contributed by atoms with Crippen LogP contribution in [0.3, 0.4) is 0 Å². The molecule has 0 rings (SSSR count). The number of rotatable bonds is 6. The monoisotopic (exact) mass is 210 g/mol. The fourth-order valence-corrected chi connectivity index (χ4v) is 1.14. The second-order valence-electron chi connectivity index (χ2n) is 2.79. The van der Waals surface area contributed by atoms with Crippen molar-refractivity contribution in [2.75, 3.05) is 13.1 Å². The van der Waals surface area contributed by atoms with Crippen molar-refractivity contribution >= 4 is 6.72 Å². The molecule has 0 aliphatic heterocycles. The minimum absolute atomic E-state index is 0.961. The van der Waals surface area contributed by atoms with Crippen LogP contribution in [0.1, 0.15) is 41.0 Å². The van der Waals surface area contributed by atoms with Crippen LogP contribution in [0.25, 0.3) is 0 Å². The molecule has 0 radical (unpaired) electrons. The van der Waals surface area contributed by atoms with Crippen LogP contribution in [-0.4, -0.2) is 24.7 Å². The van der Waals surface area contributed by atoms with Crippen LogP contribution in [0.15, 0.2) is 29.0 Å². The zero-order valence-corrected chi connectivity index (χ0v) is 11.0. The topological polar surface area (TPSA) is 15.6 Å². The fraction of sp³-hybridized carbons (Fsp3) is 0.615. The average Bonchev–Trinajstić information content (AvgIpc) is 2.31. The zero-order valence-electron chi connectivity index (χ0n) is 11.0. The van der Waals surface area contributed by atoms with Gasteiger partial charge in [-0.05, 0) is 33.1 Å². The van der Waals surface area contributed by atoms with Gasteiger partial charge in [-0.1, -0.05) is 32.9 Å². The van der Waals surface area contributed by atoms with Gasteiger partial charge in [0.05, 0.1) is 0 Å². The van der Waals surface area contributed by atoms with Crippen LogP contribution in [0.5, 0.6) is 0 Å². The third-order valence-corrected chi connectivity index (χ3v) is 1.80.